The topological polar surface area (TPSA) is 79.3 Å². The molecule has 1 heterocycles. The van der Waals surface area contributed by atoms with E-state index in [1.807, 2.05) is 24.3 Å². The Morgan fingerprint density at radius 1 is 1.08 bits per heavy atom. The number of aromatic nitrogens is 1. The van der Waals surface area contributed by atoms with E-state index in [-0.39, 0.29) is 11.5 Å². The third kappa shape index (κ3) is 4.89. The van der Waals surface area contributed by atoms with Gasteiger partial charge in [-0.25, -0.2) is 9.78 Å². The van der Waals surface area contributed by atoms with Gasteiger partial charge in [-0.3, -0.25) is 4.79 Å². The van der Waals surface area contributed by atoms with Crippen molar-refractivity contribution in [1.29, 1.82) is 0 Å². The van der Waals surface area contributed by atoms with E-state index in [1.54, 1.807) is 29.5 Å². The fraction of sp³-hybridized carbons (Fsp3) is 0.250. The summed E-state index contributed by atoms with van der Waals surface area (Å²) >= 11 is 1.68. The summed E-state index contributed by atoms with van der Waals surface area (Å²) in [6, 6.07) is 14.8. The van der Waals surface area contributed by atoms with Crippen molar-refractivity contribution in [2.75, 3.05) is 6.54 Å². The van der Waals surface area contributed by atoms with Gasteiger partial charge in [-0.05, 0) is 49.1 Å². The highest BCUT2D eigenvalue weighted by Gasteiger charge is 2.06. The molecule has 0 unspecified atom stereocenters. The standard InChI is InChI=1S/C20H20N2O3S/c23-18(21-12-11-14-5-3-6-15(13-14)20(24)25)9-4-10-19-22-16-7-1-2-8-17(16)26-19/h1-3,5-8,13H,4,9-12H2,(H,21,23)(H,24,25). The van der Waals surface area contributed by atoms with Crippen LogP contribution in [0.4, 0.5) is 0 Å². The first kappa shape index (κ1) is 18.1. The lowest BCUT2D eigenvalue weighted by atomic mass is 10.1. The van der Waals surface area contributed by atoms with E-state index in [4.69, 9.17) is 5.11 Å². The summed E-state index contributed by atoms with van der Waals surface area (Å²) in [5, 5.41) is 12.9. The van der Waals surface area contributed by atoms with Crippen molar-refractivity contribution in [2.24, 2.45) is 0 Å². The zero-order chi connectivity index (χ0) is 18.4. The van der Waals surface area contributed by atoms with Gasteiger partial charge in [0, 0.05) is 13.0 Å². The van der Waals surface area contributed by atoms with Crippen LogP contribution in [0.15, 0.2) is 48.5 Å². The molecule has 2 aromatic carbocycles. The quantitative estimate of drug-likeness (QED) is 0.636. The molecule has 1 amide bonds. The van der Waals surface area contributed by atoms with Crippen LogP contribution in [0.5, 0.6) is 0 Å². The molecule has 0 saturated heterocycles. The number of carbonyl (C=O) groups excluding carboxylic acids is 1. The van der Waals surface area contributed by atoms with Crippen LogP contribution in [0.2, 0.25) is 0 Å². The monoisotopic (exact) mass is 368 g/mol. The minimum absolute atomic E-state index is 0.0144. The maximum absolute atomic E-state index is 11.9. The number of aryl methyl sites for hydroxylation is 1. The number of rotatable bonds is 8. The van der Waals surface area contributed by atoms with Gasteiger partial charge >= 0.3 is 5.97 Å². The molecule has 0 atom stereocenters. The number of hydrogen-bond acceptors (Lipinski definition) is 4. The van der Waals surface area contributed by atoms with Crippen molar-refractivity contribution in [3.05, 3.63) is 64.7 Å². The van der Waals surface area contributed by atoms with Gasteiger partial charge in [0.1, 0.15) is 0 Å². The molecule has 0 aliphatic carbocycles. The van der Waals surface area contributed by atoms with Crippen LogP contribution in [0.3, 0.4) is 0 Å². The van der Waals surface area contributed by atoms with E-state index < -0.39 is 5.97 Å². The number of aromatic carboxylic acids is 1. The van der Waals surface area contributed by atoms with E-state index in [0.29, 0.717) is 19.4 Å². The number of nitrogens with one attached hydrogen (secondary N) is 1. The smallest absolute Gasteiger partial charge is 0.335 e. The van der Waals surface area contributed by atoms with E-state index in [2.05, 4.69) is 16.4 Å². The number of thiazole rings is 1. The summed E-state index contributed by atoms with van der Waals surface area (Å²) in [7, 11) is 0. The fourth-order valence-electron chi connectivity index (χ4n) is 2.72. The van der Waals surface area contributed by atoms with Crippen LogP contribution in [-0.2, 0) is 17.6 Å². The number of amides is 1. The number of hydrogen-bond donors (Lipinski definition) is 2. The number of nitrogens with zero attached hydrogens (tertiary/aromatic N) is 1. The molecule has 5 nitrogen and oxygen atoms in total. The van der Waals surface area contributed by atoms with Gasteiger partial charge in [0.15, 0.2) is 0 Å². The van der Waals surface area contributed by atoms with Gasteiger partial charge in [0.2, 0.25) is 5.91 Å². The Morgan fingerprint density at radius 2 is 1.92 bits per heavy atom. The van der Waals surface area contributed by atoms with Crippen molar-refractivity contribution >= 4 is 33.4 Å². The number of para-hydroxylation sites is 1. The molecule has 0 spiro atoms. The van der Waals surface area contributed by atoms with Crippen molar-refractivity contribution < 1.29 is 14.7 Å². The van der Waals surface area contributed by atoms with E-state index in [9.17, 15) is 9.59 Å². The first-order valence-corrected chi connectivity index (χ1v) is 9.37. The molecule has 3 aromatic rings. The summed E-state index contributed by atoms with van der Waals surface area (Å²) in [4.78, 5) is 27.5. The molecule has 2 N–H and O–H groups in total. The lowest BCUT2D eigenvalue weighted by molar-refractivity contribution is -0.121. The lowest BCUT2D eigenvalue weighted by Crippen LogP contribution is -2.25. The molecule has 0 bridgehead atoms. The Balaban J connectivity index is 1.39. The molecule has 3 rings (SSSR count). The molecule has 26 heavy (non-hydrogen) atoms. The second kappa shape index (κ2) is 8.58. The first-order chi connectivity index (χ1) is 12.6. The Kier molecular flexibility index (Phi) is 5.96. The Morgan fingerprint density at radius 3 is 2.73 bits per heavy atom. The number of fused-ring (bicyclic) bond motifs is 1. The molecular formula is C20H20N2O3S. The number of carboxylic acid groups (broad SMARTS) is 1. The van der Waals surface area contributed by atoms with Crippen LogP contribution in [0, 0.1) is 0 Å². The average Bonchev–Trinajstić information content (AvgIpc) is 3.04. The van der Waals surface area contributed by atoms with Gasteiger partial charge < -0.3 is 10.4 Å². The third-order valence-corrected chi connectivity index (χ3v) is 5.14. The lowest BCUT2D eigenvalue weighted by Gasteiger charge is -2.06. The molecule has 0 aliphatic rings. The van der Waals surface area contributed by atoms with E-state index in [0.717, 1.165) is 28.9 Å². The number of carboxylic acids is 1. The van der Waals surface area contributed by atoms with Gasteiger partial charge in [0.05, 0.1) is 20.8 Å². The van der Waals surface area contributed by atoms with Crippen molar-refractivity contribution in [3.63, 3.8) is 0 Å². The zero-order valence-corrected chi connectivity index (χ0v) is 15.1. The van der Waals surface area contributed by atoms with E-state index >= 15 is 0 Å². The highest BCUT2D eigenvalue weighted by atomic mass is 32.1. The predicted octanol–water partition coefficient (Wildman–Crippen LogP) is 3.68. The molecule has 1 aromatic heterocycles. The largest absolute Gasteiger partial charge is 0.478 e. The maximum Gasteiger partial charge on any atom is 0.335 e. The molecule has 0 aliphatic heterocycles. The number of carbonyl (C=O) groups is 2. The average molecular weight is 368 g/mol. The summed E-state index contributed by atoms with van der Waals surface area (Å²) < 4.78 is 1.18. The first-order valence-electron chi connectivity index (χ1n) is 8.55. The molecule has 134 valence electrons. The summed E-state index contributed by atoms with van der Waals surface area (Å²) in [5.41, 5.74) is 2.19. The summed E-state index contributed by atoms with van der Waals surface area (Å²) in [6.07, 6.45) is 2.64. The predicted molar refractivity (Wildman–Crippen MR) is 103 cm³/mol. The van der Waals surface area contributed by atoms with Crippen LogP contribution in [0.1, 0.15) is 33.8 Å². The molecule has 0 fully saturated rings. The maximum atomic E-state index is 11.9. The van der Waals surface area contributed by atoms with Gasteiger partial charge in [-0.1, -0.05) is 24.3 Å². The van der Waals surface area contributed by atoms with Gasteiger partial charge in [-0.15, -0.1) is 11.3 Å². The fourth-order valence-corrected chi connectivity index (χ4v) is 3.73. The Hall–Kier alpha value is -2.73. The van der Waals surface area contributed by atoms with E-state index in [1.165, 1.54) is 4.70 Å². The minimum atomic E-state index is -0.939. The summed E-state index contributed by atoms with van der Waals surface area (Å²) in [6.45, 7) is 0.503. The van der Waals surface area contributed by atoms with Crippen molar-refractivity contribution in [3.8, 4) is 0 Å². The second-order valence-electron chi connectivity index (χ2n) is 6.03. The normalized spacial score (nSPS) is 10.8. The summed E-state index contributed by atoms with van der Waals surface area (Å²) in [5.74, 6) is -0.925. The van der Waals surface area contributed by atoms with Crippen molar-refractivity contribution in [1.82, 2.24) is 10.3 Å². The van der Waals surface area contributed by atoms with Crippen molar-refractivity contribution in [2.45, 2.75) is 25.7 Å². The highest BCUT2D eigenvalue weighted by molar-refractivity contribution is 7.18. The second-order valence-corrected chi connectivity index (χ2v) is 7.15. The minimum Gasteiger partial charge on any atom is -0.478 e. The molecule has 6 heteroatoms. The molecule has 0 saturated carbocycles. The van der Waals surface area contributed by atoms with Crippen LogP contribution < -0.4 is 5.32 Å². The number of benzene rings is 2. The van der Waals surface area contributed by atoms with Crippen LogP contribution in [0.25, 0.3) is 10.2 Å². The Bertz CT molecular complexity index is 887. The zero-order valence-electron chi connectivity index (χ0n) is 14.3. The van der Waals surface area contributed by atoms with Gasteiger partial charge in [-0.2, -0.15) is 0 Å². The molecular weight excluding hydrogens is 348 g/mol. The Labute approximate surface area is 155 Å². The third-order valence-electron chi connectivity index (χ3n) is 4.04. The van der Waals surface area contributed by atoms with Crippen LogP contribution >= 0.6 is 11.3 Å². The van der Waals surface area contributed by atoms with Crippen LogP contribution in [-0.4, -0.2) is 28.5 Å². The highest BCUT2D eigenvalue weighted by Crippen LogP contribution is 2.22. The molecule has 0 radical (unpaired) electrons. The van der Waals surface area contributed by atoms with Gasteiger partial charge in [0.25, 0.3) is 0 Å². The SMILES string of the molecule is O=C(CCCc1nc2ccccc2s1)NCCc1cccc(C(=O)O)c1.